The highest BCUT2D eigenvalue weighted by Gasteiger charge is 2.38. The Kier molecular flexibility index (Phi) is 9.40. The van der Waals surface area contributed by atoms with Gasteiger partial charge in [-0.2, -0.15) is 0 Å². The van der Waals surface area contributed by atoms with Gasteiger partial charge in [0.15, 0.2) is 18.1 Å². The molecule has 238 valence electrons. The molecule has 0 unspecified atom stereocenters. The van der Waals surface area contributed by atoms with E-state index in [2.05, 4.69) is 15.6 Å². The predicted molar refractivity (Wildman–Crippen MR) is 161 cm³/mol. The minimum Gasteiger partial charge on any atom is -0.496 e. The lowest BCUT2D eigenvalue weighted by molar-refractivity contribution is -0.131. The minimum absolute atomic E-state index is 0.103. The second-order valence-electron chi connectivity index (χ2n) is 10.9. The molecule has 3 aromatic rings. The summed E-state index contributed by atoms with van der Waals surface area (Å²) in [4.78, 5) is 66.7. The van der Waals surface area contributed by atoms with Gasteiger partial charge >= 0.3 is 5.69 Å². The lowest BCUT2D eigenvalue weighted by Crippen LogP contribution is -2.47. The molecule has 3 amide bonds. The molecule has 0 spiro atoms. The SMILES string of the molecule is COc1cc2ccc1CNC(=O)CCc1ccc(c(OC)c1)OCC(=O)N[C@@H]1CN(C(=O)Cn3cc(C)c(=O)[nH]c3=O)C[C@H]1O2. The number of methoxy groups -OCH3 is 2. The number of benzene rings is 2. The van der Waals surface area contributed by atoms with E-state index in [1.807, 2.05) is 6.07 Å². The second kappa shape index (κ2) is 13.6. The number of amides is 3. The van der Waals surface area contributed by atoms with Gasteiger partial charge in [0.2, 0.25) is 11.8 Å². The van der Waals surface area contributed by atoms with Crippen molar-refractivity contribution in [3.8, 4) is 23.0 Å². The number of nitrogens with zero attached hydrogens (tertiary/aromatic N) is 2. The molecule has 6 heterocycles. The summed E-state index contributed by atoms with van der Waals surface area (Å²) in [5.41, 5.74) is 0.680. The van der Waals surface area contributed by atoms with Crippen LogP contribution in [0.15, 0.2) is 52.2 Å². The highest BCUT2D eigenvalue weighted by molar-refractivity contribution is 5.79. The van der Waals surface area contributed by atoms with Crippen LogP contribution in [-0.2, 0) is 33.9 Å². The molecular formula is C31H35N5O9. The highest BCUT2D eigenvalue weighted by atomic mass is 16.5. The normalized spacial score (nSPS) is 18.7. The number of carbonyl (C=O) groups excluding carboxylic acids is 3. The maximum Gasteiger partial charge on any atom is 0.328 e. The van der Waals surface area contributed by atoms with E-state index in [-0.39, 0.29) is 45.1 Å². The van der Waals surface area contributed by atoms with Crippen molar-refractivity contribution < 1.29 is 33.3 Å². The molecule has 3 N–H and O–H groups in total. The van der Waals surface area contributed by atoms with Gasteiger partial charge in [-0.1, -0.05) is 6.07 Å². The molecular weight excluding hydrogens is 586 g/mol. The van der Waals surface area contributed by atoms with Crippen LogP contribution in [0, 0.1) is 6.92 Å². The Morgan fingerprint density at radius 1 is 0.978 bits per heavy atom. The fourth-order valence-electron chi connectivity index (χ4n) is 5.25. The number of aromatic amines is 1. The number of aromatic nitrogens is 2. The van der Waals surface area contributed by atoms with E-state index in [1.165, 1.54) is 32.2 Å². The maximum atomic E-state index is 13.3. The van der Waals surface area contributed by atoms with Gasteiger partial charge in [0.05, 0.1) is 26.8 Å². The van der Waals surface area contributed by atoms with Crippen LogP contribution < -0.4 is 40.8 Å². The Bertz CT molecular complexity index is 1720. The van der Waals surface area contributed by atoms with E-state index in [0.29, 0.717) is 35.0 Å². The van der Waals surface area contributed by atoms with Crippen molar-refractivity contribution in [3.63, 3.8) is 0 Å². The number of carbonyl (C=O) groups is 3. The third-order valence-corrected chi connectivity index (χ3v) is 7.71. The Balaban J connectivity index is 1.40. The number of nitrogens with one attached hydrogen (secondary N) is 3. The van der Waals surface area contributed by atoms with Crippen molar-refractivity contribution in [2.24, 2.45) is 0 Å². The molecule has 0 radical (unpaired) electrons. The average Bonchev–Trinajstić information content (AvgIpc) is 3.42. The molecule has 14 nitrogen and oxygen atoms in total. The van der Waals surface area contributed by atoms with E-state index in [4.69, 9.17) is 18.9 Å². The monoisotopic (exact) mass is 621 g/mol. The van der Waals surface area contributed by atoms with Crippen molar-refractivity contribution in [1.82, 2.24) is 25.1 Å². The van der Waals surface area contributed by atoms with E-state index < -0.39 is 35.2 Å². The summed E-state index contributed by atoms with van der Waals surface area (Å²) in [6, 6.07) is 9.82. The zero-order valence-corrected chi connectivity index (χ0v) is 25.2. The van der Waals surface area contributed by atoms with Crippen molar-refractivity contribution in [3.05, 3.63) is 80.1 Å². The van der Waals surface area contributed by atoms with Crippen molar-refractivity contribution >= 4 is 17.7 Å². The van der Waals surface area contributed by atoms with Gasteiger partial charge in [-0.25, -0.2) is 4.79 Å². The number of likely N-dealkylation sites (tertiary alicyclic amines) is 1. The molecule has 1 aromatic heterocycles. The topological polar surface area (TPSA) is 170 Å². The summed E-state index contributed by atoms with van der Waals surface area (Å²) in [6.07, 6.45) is 1.39. The molecule has 1 saturated heterocycles. The standard InChI is InChI=1S/C31H35N5O9/c1-18-13-36(31(41)34-30(18)40)16-29(39)35-14-22-26(15-35)45-21-7-6-20(24(11-21)42-2)12-32-27(37)9-5-19-4-8-23(25(10-19)43-3)44-17-28(38)33-22/h4,6-8,10-11,13,22,26H,5,9,12,14-17H2,1-3H3,(H,32,37)(H,33,38)(H,34,40,41)/t22-,26-/m1/s1. The first-order valence-corrected chi connectivity index (χ1v) is 14.4. The summed E-state index contributed by atoms with van der Waals surface area (Å²) < 4.78 is 24.2. The van der Waals surface area contributed by atoms with Gasteiger partial charge in [0, 0.05) is 42.9 Å². The predicted octanol–water partition coefficient (Wildman–Crippen LogP) is 0.278. The summed E-state index contributed by atoms with van der Waals surface area (Å²) in [7, 11) is 3.00. The van der Waals surface area contributed by atoms with Crippen molar-refractivity contribution in [2.45, 2.75) is 45.0 Å². The van der Waals surface area contributed by atoms with E-state index in [1.54, 1.807) is 30.3 Å². The van der Waals surface area contributed by atoms with Crippen LogP contribution in [0.4, 0.5) is 0 Å². The van der Waals surface area contributed by atoms with Gasteiger partial charge in [0.1, 0.15) is 24.1 Å². The molecule has 14 heteroatoms. The largest absolute Gasteiger partial charge is 0.496 e. The van der Waals surface area contributed by atoms with Gasteiger partial charge in [0.25, 0.3) is 11.5 Å². The third-order valence-electron chi connectivity index (χ3n) is 7.71. The van der Waals surface area contributed by atoms with Crippen LogP contribution in [-0.4, -0.2) is 78.2 Å². The Morgan fingerprint density at radius 2 is 1.78 bits per heavy atom. The third kappa shape index (κ3) is 7.45. The van der Waals surface area contributed by atoms with Gasteiger partial charge in [-0.15, -0.1) is 0 Å². The molecule has 8 rings (SSSR count). The minimum atomic E-state index is -0.699. The number of ether oxygens (including phenoxy) is 4. The summed E-state index contributed by atoms with van der Waals surface area (Å²) in [5, 5.41) is 5.83. The molecule has 2 aromatic carbocycles. The highest BCUT2D eigenvalue weighted by Crippen LogP contribution is 2.30. The summed E-state index contributed by atoms with van der Waals surface area (Å²) in [5.74, 6) is 0.730. The number of H-pyrrole nitrogens is 1. The van der Waals surface area contributed by atoms with Gasteiger partial charge in [-0.05, 0) is 43.2 Å². The molecule has 0 saturated carbocycles. The Labute approximate surface area is 258 Å². The molecule has 0 aliphatic carbocycles. The lowest BCUT2D eigenvalue weighted by Gasteiger charge is -2.22. The van der Waals surface area contributed by atoms with Crippen LogP contribution in [0.3, 0.4) is 0 Å². The zero-order valence-electron chi connectivity index (χ0n) is 25.2. The van der Waals surface area contributed by atoms with Gasteiger partial charge in [-0.3, -0.25) is 28.7 Å². The molecule has 45 heavy (non-hydrogen) atoms. The Morgan fingerprint density at radius 3 is 2.56 bits per heavy atom. The van der Waals surface area contributed by atoms with Crippen molar-refractivity contribution in [2.75, 3.05) is 33.9 Å². The number of rotatable bonds is 4. The first kappa shape index (κ1) is 31.2. The summed E-state index contributed by atoms with van der Waals surface area (Å²) >= 11 is 0. The number of aryl methyl sites for hydroxylation is 2. The first-order chi connectivity index (χ1) is 21.6. The van der Waals surface area contributed by atoms with E-state index in [9.17, 15) is 24.0 Å². The molecule has 1 fully saturated rings. The van der Waals surface area contributed by atoms with Crippen LogP contribution in [0.2, 0.25) is 0 Å². The maximum absolute atomic E-state index is 13.3. The average molecular weight is 622 g/mol. The smallest absolute Gasteiger partial charge is 0.328 e. The molecule has 4 bridgehead atoms. The van der Waals surface area contributed by atoms with Crippen LogP contribution >= 0.6 is 0 Å². The van der Waals surface area contributed by atoms with E-state index >= 15 is 0 Å². The lowest BCUT2D eigenvalue weighted by atomic mass is 10.1. The fourth-order valence-corrected chi connectivity index (χ4v) is 5.25. The molecule has 5 aliphatic rings. The van der Waals surface area contributed by atoms with Crippen molar-refractivity contribution in [1.29, 1.82) is 0 Å². The quantitative estimate of drug-likeness (QED) is 0.370. The first-order valence-electron chi connectivity index (χ1n) is 14.4. The molecule has 2 atom stereocenters. The molecule has 5 aliphatic heterocycles. The number of hydrogen-bond acceptors (Lipinski definition) is 9. The van der Waals surface area contributed by atoms with Crippen LogP contribution in [0.25, 0.3) is 0 Å². The Hall–Kier alpha value is -5.27. The number of hydrogen-bond donors (Lipinski definition) is 3. The fraction of sp³-hybridized carbons (Fsp3) is 0.387. The van der Waals surface area contributed by atoms with Crippen LogP contribution in [0.1, 0.15) is 23.1 Å². The van der Waals surface area contributed by atoms with E-state index in [0.717, 1.165) is 15.7 Å². The van der Waals surface area contributed by atoms with Crippen LogP contribution in [0.5, 0.6) is 23.0 Å². The zero-order chi connectivity index (χ0) is 32.1. The second-order valence-corrected chi connectivity index (χ2v) is 10.9. The van der Waals surface area contributed by atoms with Gasteiger partial charge < -0.3 is 34.5 Å². The summed E-state index contributed by atoms with van der Waals surface area (Å²) in [6.45, 7) is 1.35.